The fraction of sp³-hybridized carbons (Fsp3) is 0.500. The lowest BCUT2D eigenvalue weighted by Crippen LogP contribution is -2.11. The van der Waals surface area contributed by atoms with Crippen LogP contribution < -0.4 is 4.74 Å². The summed E-state index contributed by atoms with van der Waals surface area (Å²) in [6.07, 6.45) is 0. The molecule has 0 saturated carbocycles. The SMILES string of the molecule is OCCOCCOCCOc1ccccc1. The normalized spacial score (nSPS) is 10.3. The topological polar surface area (TPSA) is 47.9 Å². The summed E-state index contributed by atoms with van der Waals surface area (Å²) in [4.78, 5) is 0. The van der Waals surface area contributed by atoms with E-state index in [0.717, 1.165) is 5.75 Å². The van der Waals surface area contributed by atoms with Crippen LogP contribution in [0.25, 0.3) is 0 Å². The van der Waals surface area contributed by atoms with Gasteiger partial charge in [-0.05, 0) is 12.1 Å². The molecule has 1 aromatic rings. The Morgan fingerprint density at radius 3 is 2.12 bits per heavy atom. The Morgan fingerprint density at radius 1 is 0.812 bits per heavy atom. The number of ether oxygens (including phenoxy) is 3. The van der Waals surface area contributed by atoms with Crippen LogP contribution >= 0.6 is 0 Å². The molecule has 0 aliphatic heterocycles. The zero-order valence-electron chi connectivity index (χ0n) is 9.30. The smallest absolute Gasteiger partial charge is 0.119 e. The molecule has 0 radical (unpaired) electrons. The van der Waals surface area contributed by atoms with E-state index in [1.165, 1.54) is 0 Å². The molecule has 1 N–H and O–H groups in total. The van der Waals surface area contributed by atoms with Gasteiger partial charge in [-0.15, -0.1) is 0 Å². The van der Waals surface area contributed by atoms with Gasteiger partial charge in [0.15, 0.2) is 0 Å². The zero-order chi connectivity index (χ0) is 11.5. The molecular formula is C12H18O4. The van der Waals surface area contributed by atoms with Crippen LogP contribution in [0.5, 0.6) is 5.75 Å². The molecule has 0 aliphatic carbocycles. The minimum Gasteiger partial charge on any atom is -0.491 e. The Balaban J connectivity index is 1.89. The molecule has 0 aromatic heterocycles. The van der Waals surface area contributed by atoms with E-state index in [2.05, 4.69) is 0 Å². The van der Waals surface area contributed by atoms with Crippen LogP contribution in [-0.2, 0) is 9.47 Å². The molecule has 0 aliphatic rings. The average Bonchev–Trinajstić information content (AvgIpc) is 2.34. The highest BCUT2D eigenvalue weighted by atomic mass is 16.5. The summed E-state index contributed by atoms with van der Waals surface area (Å²) in [5.74, 6) is 0.850. The van der Waals surface area contributed by atoms with Gasteiger partial charge in [0.2, 0.25) is 0 Å². The van der Waals surface area contributed by atoms with E-state index in [1.54, 1.807) is 0 Å². The third-order valence-corrected chi connectivity index (χ3v) is 1.85. The highest BCUT2D eigenvalue weighted by Gasteiger charge is 1.92. The number of rotatable bonds is 9. The number of hydrogen-bond acceptors (Lipinski definition) is 4. The van der Waals surface area contributed by atoms with Crippen molar-refractivity contribution in [2.45, 2.75) is 0 Å². The average molecular weight is 226 g/mol. The minimum absolute atomic E-state index is 0.0527. The van der Waals surface area contributed by atoms with Crippen molar-refractivity contribution in [2.75, 3.05) is 39.6 Å². The number of hydrogen-bond donors (Lipinski definition) is 1. The number of aliphatic hydroxyl groups is 1. The Bertz CT molecular complexity index is 250. The molecule has 0 bridgehead atoms. The fourth-order valence-electron chi connectivity index (χ4n) is 1.12. The van der Waals surface area contributed by atoms with Crippen LogP contribution in [0.3, 0.4) is 0 Å². The lowest BCUT2D eigenvalue weighted by atomic mass is 10.3. The Morgan fingerprint density at radius 2 is 1.44 bits per heavy atom. The van der Waals surface area contributed by atoms with Crippen LogP contribution in [0.15, 0.2) is 30.3 Å². The highest BCUT2D eigenvalue weighted by molar-refractivity contribution is 5.20. The molecule has 0 heterocycles. The summed E-state index contributed by atoms with van der Waals surface area (Å²) in [7, 11) is 0. The van der Waals surface area contributed by atoms with Crippen molar-refractivity contribution < 1.29 is 19.3 Å². The number of para-hydroxylation sites is 1. The molecule has 0 fully saturated rings. The predicted octanol–water partition coefficient (Wildman–Crippen LogP) is 1.09. The molecule has 0 unspecified atom stereocenters. The predicted molar refractivity (Wildman–Crippen MR) is 60.7 cm³/mol. The molecule has 4 nitrogen and oxygen atoms in total. The van der Waals surface area contributed by atoms with Crippen LogP contribution in [0, 0.1) is 0 Å². The lowest BCUT2D eigenvalue weighted by Gasteiger charge is -2.07. The van der Waals surface area contributed by atoms with Crippen molar-refractivity contribution in [3.8, 4) is 5.75 Å². The molecule has 16 heavy (non-hydrogen) atoms. The van der Waals surface area contributed by atoms with Gasteiger partial charge in [-0.2, -0.15) is 0 Å². The molecule has 0 atom stereocenters. The molecule has 0 amide bonds. The van der Waals surface area contributed by atoms with Gasteiger partial charge in [-0.1, -0.05) is 18.2 Å². The quantitative estimate of drug-likeness (QED) is 0.640. The first-order valence-corrected chi connectivity index (χ1v) is 5.37. The van der Waals surface area contributed by atoms with Crippen molar-refractivity contribution in [3.05, 3.63) is 30.3 Å². The second-order valence-corrected chi connectivity index (χ2v) is 3.11. The molecular weight excluding hydrogens is 208 g/mol. The van der Waals surface area contributed by atoms with Gasteiger partial charge in [-0.3, -0.25) is 0 Å². The first-order chi connectivity index (χ1) is 7.93. The molecule has 90 valence electrons. The number of benzene rings is 1. The fourth-order valence-corrected chi connectivity index (χ4v) is 1.12. The lowest BCUT2D eigenvalue weighted by molar-refractivity contribution is 0.0247. The van der Waals surface area contributed by atoms with E-state index in [-0.39, 0.29) is 6.61 Å². The van der Waals surface area contributed by atoms with E-state index in [4.69, 9.17) is 19.3 Å². The maximum absolute atomic E-state index is 8.45. The van der Waals surface area contributed by atoms with Gasteiger partial charge >= 0.3 is 0 Å². The van der Waals surface area contributed by atoms with Crippen LogP contribution in [0.4, 0.5) is 0 Å². The van der Waals surface area contributed by atoms with Crippen molar-refractivity contribution in [2.24, 2.45) is 0 Å². The second-order valence-electron chi connectivity index (χ2n) is 3.11. The van der Waals surface area contributed by atoms with Crippen LogP contribution in [0.2, 0.25) is 0 Å². The first kappa shape index (κ1) is 13.0. The maximum Gasteiger partial charge on any atom is 0.119 e. The largest absolute Gasteiger partial charge is 0.491 e. The minimum atomic E-state index is 0.0527. The highest BCUT2D eigenvalue weighted by Crippen LogP contribution is 2.07. The van der Waals surface area contributed by atoms with Gasteiger partial charge in [0, 0.05) is 0 Å². The van der Waals surface area contributed by atoms with Gasteiger partial charge in [0.1, 0.15) is 12.4 Å². The summed E-state index contributed by atoms with van der Waals surface area (Å²) >= 11 is 0. The van der Waals surface area contributed by atoms with Crippen LogP contribution in [-0.4, -0.2) is 44.7 Å². The summed E-state index contributed by atoms with van der Waals surface area (Å²) in [5.41, 5.74) is 0. The third-order valence-electron chi connectivity index (χ3n) is 1.85. The van der Waals surface area contributed by atoms with Crippen molar-refractivity contribution >= 4 is 0 Å². The molecule has 4 heteroatoms. The van der Waals surface area contributed by atoms with Crippen molar-refractivity contribution in [3.63, 3.8) is 0 Å². The van der Waals surface area contributed by atoms with Crippen LogP contribution in [0.1, 0.15) is 0 Å². The van der Waals surface area contributed by atoms with E-state index in [0.29, 0.717) is 33.0 Å². The van der Waals surface area contributed by atoms with Gasteiger partial charge in [0.05, 0.1) is 33.0 Å². The van der Waals surface area contributed by atoms with Gasteiger partial charge < -0.3 is 19.3 Å². The maximum atomic E-state index is 8.45. The molecule has 1 aromatic carbocycles. The second kappa shape index (κ2) is 9.15. The summed E-state index contributed by atoms with van der Waals surface area (Å²) in [5, 5.41) is 8.45. The molecule has 0 spiro atoms. The zero-order valence-corrected chi connectivity index (χ0v) is 9.30. The van der Waals surface area contributed by atoms with Gasteiger partial charge in [0.25, 0.3) is 0 Å². The van der Waals surface area contributed by atoms with E-state index in [9.17, 15) is 0 Å². The van der Waals surface area contributed by atoms with E-state index < -0.39 is 0 Å². The summed E-state index contributed by atoms with van der Waals surface area (Å²) in [6, 6.07) is 9.62. The first-order valence-electron chi connectivity index (χ1n) is 5.37. The standard InChI is InChI=1S/C12H18O4/c13-6-7-14-8-9-15-10-11-16-12-4-2-1-3-5-12/h1-5,13H,6-11H2. The Hall–Kier alpha value is -1.10. The molecule has 1 rings (SSSR count). The van der Waals surface area contributed by atoms with Crippen molar-refractivity contribution in [1.29, 1.82) is 0 Å². The number of aliphatic hydroxyl groups excluding tert-OH is 1. The van der Waals surface area contributed by atoms with E-state index >= 15 is 0 Å². The van der Waals surface area contributed by atoms with Crippen molar-refractivity contribution in [1.82, 2.24) is 0 Å². The monoisotopic (exact) mass is 226 g/mol. The van der Waals surface area contributed by atoms with E-state index in [1.807, 2.05) is 30.3 Å². The Labute approximate surface area is 95.8 Å². The Kier molecular flexibility index (Phi) is 7.42. The van der Waals surface area contributed by atoms with Gasteiger partial charge in [-0.25, -0.2) is 0 Å². The third kappa shape index (κ3) is 6.40. The summed E-state index contributed by atoms with van der Waals surface area (Å²) in [6.45, 7) is 2.52. The molecule has 0 saturated heterocycles. The summed E-state index contributed by atoms with van der Waals surface area (Å²) < 4.78 is 15.7.